The van der Waals surface area contributed by atoms with Gasteiger partial charge in [-0.15, -0.1) is 10.2 Å². The molecule has 0 bridgehead atoms. The fourth-order valence-corrected chi connectivity index (χ4v) is 3.64. The molecule has 3 aromatic rings. The number of fused-ring (bicyclic) bond motifs is 1. The fourth-order valence-electron chi connectivity index (χ4n) is 2.85. The number of carbonyl (C=O) groups is 2. The van der Waals surface area contributed by atoms with Crippen molar-refractivity contribution >= 4 is 34.5 Å². The molecule has 4 N–H and O–H groups in total. The van der Waals surface area contributed by atoms with Crippen LogP contribution in [0.25, 0.3) is 10.8 Å². The number of nitrogens with zero attached hydrogens (tertiary/aromatic N) is 3. The number of urea groups is 1. The number of carbonyl (C=O) groups excluding carboxylic acids is 2. The molecular weight excluding hydrogens is 388 g/mol. The fraction of sp³-hybridized carbons (Fsp3) is 0.300. The van der Waals surface area contributed by atoms with E-state index in [2.05, 4.69) is 39.0 Å². The predicted molar refractivity (Wildman–Crippen MR) is 114 cm³/mol. The van der Waals surface area contributed by atoms with Gasteiger partial charge in [0.1, 0.15) is 0 Å². The summed E-state index contributed by atoms with van der Waals surface area (Å²) in [5.41, 5.74) is 1.09. The maximum absolute atomic E-state index is 12.2. The Kier molecular flexibility index (Phi) is 6.38. The average molecular weight is 413 g/mol. The molecule has 29 heavy (non-hydrogen) atoms. The summed E-state index contributed by atoms with van der Waals surface area (Å²) in [6.45, 7) is 5.31. The third-order valence-corrected chi connectivity index (χ3v) is 5.33. The van der Waals surface area contributed by atoms with Gasteiger partial charge < -0.3 is 11.2 Å². The van der Waals surface area contributed by atoms with Gasteiger partial charge >= 0.3 is 6.03 Å². The Labute approximate surface area is 173 Å². The largest absolute Gasteiger partial charge is 0.336 e. The van der Waals surface area contributed by atoms with Gasteiger partial charge in [0.15, 0.2) is 5.82 Å². The molecule has 3 rings (SSSR count). The molecule has 0 unspecified atom stereocenters. The number of nitrogens with one attached hydrogen (secondary N) is 2. The zero-order valence-electron chi connectivity index (χ0n) is 16.5. The molecule has 3 amide bonds. The van der Waals surface area contributed by atoms with Gasteiger partial charge in [0.25, 0.3) is 0 Å². The van der Waals surface area contributed by atoms with Crippen LogP contribution in [0.4, 0.5) is 4.79 Å². The minimum Gasteiger partial charge on any atom is -0.336 e. The SMILES string of the molecule is CC(C)NC(=O)NC(=O)[C@@H](C)Sc1nnc(Cc2cccc3ccccc23)n1N. The van der Waals surface area contributed by atoms with Crippen LogP contribution < -0.4 is 16.5 Å². The van der Waals surface area contributed by atoms with Gasteiger partial charge in [-0.2, -0.15) is 0 Å². The van der Waals surface area contributed by atoms with E-state index in [1.54, 1.807) is 6.92 Å². The Morgan fingerprint density at radius 1 is 1.10 bits per heavy atom. The summed E-state index contributed by atoms with van der Waals surface area (Å²) in [4.78, 5) is 23.9. The van der Waals surface area contributed by atoms with Crippen molar-refractivity contribution < 1.29 is 9.59 Å². The van der Waals surface area contributed by atoms with Gasteiger partial charge in [-0.3, -0.25) is 10.1 Å². The molecular formula is C20H24N6O2S. The van der Waals surface area contributed by atoms with E-state index in [0.717, 1.165) is 28.1 Å². The lowest BCUT2D eigenvalue weighted by Gasteiger charge is -2.13. The summed E-state index contributed by atoms with van der Waals surface area (Å²) in [6.07, 6.45) is 0.517. The van der Waals surface area contributed by atoms with Gasteiger partial charge in [0.05, 0.1) is 5.25 Å². The Morgan fingerprint density at radius 2 is 1.83 bits per heavy atom. The van der Waals surface area contributed by atoms with Crippen LogP contribution in [-0.4, -0.2) is 38.1 Å². The zero-order chi connectivity index (χ0) is 21.0. The smallest absolute Gasteiger partial charge is 0.321 e. The van der Waals surface area contributed by atoms with Crippen LogP contribution in [0.5, 0.6) is 0 Å². The summed E-state index contributed by atoms with van der Waals surface area (Å²) in [5.74, 6) is 6.34. The van der Waals surface area contributed by atoms with Gasteiger partial charge in [-0.05, 0) is 37.1 Å². The molecule has 0 saturated heterocycles. The van der Waals surface area contributed by atoms with E-state index in [-0.39, 0.29) is 6.04 Å². The van der Waals surface area contributed by atoms with Crippen LogP contribution in [0.15, 0.2) is 47.6 Å². The van der Waals surface area contributed by atoms with Crippen molar-refractivity contribution in [2.45, 2.75) is 43.6 Å². The number of imide groups is 1. The molecule has 0 saturated carbocycles. The summed E-state index contributed by atoms with van der Waals surface area (Å²) >= 11 is 1.15. The summed E-state index contributed by atoms with van der Waals surface area (Å²) < 4.78 is 1.39. The van der Waals surface area contributed by atoms with E-state index in [9.17, 15) is 9.59 Å². The first kappa shape index (κ1) is 20.7. The second kappa shape index (κ2) is 8.95. The average Bonchev–Trinajstić information content (AvgIpc) is 3.01. The molecule has 9 heteroatoms. The van der Waals surface area contributed by atoms with Gasteiger partial charge in [0.2, 0.25) is 11.1 Å². The molecule has 1 heterocycles. The third-order valence-electron chi connectivity index (χ3n) is 4.27. The van der Waals surface area contributed by atoms with Crippen LogP contribution >= 0.6 is 11.8 Å². The number of aromatic nitrogens is 3. The first-order chi connectivity index (χ1) is 13.8. The minimum absolute atomic E-state index is 0.0606. The number of nitrogen functional groups attached to an aromatic ring is 1. The van der Waals surface area contributed by atoms with Crippen LogP contribution in [0.3, 0.4) is 0 Å². The first-order valence-corrected chi connectivity index (χ1v) is 10.2. The molecule has 0 aliphatic carbocycles. The summed E-state index contributed by atoms with van der Waals surface area (Å²) in [7, 11) is 0. The molecule has 1 aromatic heterocycles. The van der Waals surface area contributed by atoms with Crippen LogP contribution in [0, 0.1) is 0 Å². The highest BCUT2D eigenvalue weighted by Crippen LogP contribution is 2.24. The van der Waals surface area contributed by atoms with Crippen LogP contribution in [0.1, 0.15) is 32.2 Å². The van der Waals surface area contributed by atoms with Crippen molar-refractivity contribution in [2.24, 2.45) is 0 Å². The normalized spacial score (nSPS) is 12.1. The maximum Gasteiger partial charge on any atom is 0.321 e. The molecule has 2 aromatic carbocycles. The Balaban J connectivity index is 1.69. The lowest BCUT2D eigenvalue weighted by Crippen LogP contribution is -2.45. The third kappa shape index (κ3) is 5.05. The van der Waals surface area contributed by atoms with E-state index < -0.39 is 17.2 Å². The number of rotatable bonds is 6. The van der Waals surface area contributed by atoms with E-state index in [1.165, 1.54) is 4.68 Å². The highest BCUT2D eigenvalue weighted by Gasteiger charge is 2.21. The molecule has 0 aliphatic rings. The van der Waals surface area contributed by atoms with E-state index in [4.69, 9.17) is 5.84 Å². The number of benzene rings is 2. The van der Waals surface area contributed by atoms with Gasteiger partial charge in [0, 0.05) is 12.5 Å². The number of thioether (sulfide) groups is 1. The van der Waals surface area contributed by atoms with Gasteiger partial charge in [-0.25, -0.2) is 9.47 Å². The molecule has 152 valence electrons. The van der Waals surface area contributed by atoms with Crippen LogP contribution in [0.2, 0.25) is 0 Å². The lowest BCUT2D eigenvalue weighted by molar-refractivity contribution is -0.119. The zero-order valence-corrected chi connectivity index (χ0v) is 17.4. The first-order valence-electron chi connectivity index (χ1n) is 9.29. The standard InChI is InChI=1S/C20H24N6O2S/c1-12(2)22-19(28)23-18(27)13(3)29-20-25-24-17(26(20)21)11-15-9-6-8-14-7-4-5-10-16(14)15/h4-10,12-13H,11,21H2,1-3H3,(H2,22,23,27,28)/t13-/m1/s1. The van der Waals surface area contributed by atoms with Crippen molar-refractivity contribution in [1.82, 2.24) is 25.5 Å². The molecule has 8 nitrogen and oxygen atoms in total. The highest BCUT2D eigenvalue weighted by atomic mass is 32.2. The predicted octanol–water partition coefficient (Wildman–Crippen LogP) is 2.45. The number of hydrogen-bond acceptors (Lipinski definition) is 6. The molecule has 1 atom stereocenters. The molecule has 0 spiro atoms. The van der Waals surface area contributed by atoms with Crippen molar-refractivity contribution in [3.8, 4) is 0 Å². The van der Waals surface area contributed by atoms with Crippen molar-refractivity contribution in [3.63, 3.8) is 0 Å². The molecule has 0 fully saturated rings. The number of amides is 3. The highest BCUT2D eigenvalue weighted by molar-refractivity contribution is 8.00. The quantitative estimate of drug-likeness (QED) is 0.423. The monoisotopic (exact) mass is 412 g/mol. The maximum atomic E-state index is 12.2. The lowest BCUT2D eigenvalue weighted by atomic mass is 10.0. The summed E-state index contributed by atoms with van der Waals surface area (Å²) in [6, 6.07) is 13.6. The van der Waals surface area contributed by atoms with Crippen molar-refractivity contribution in [2.75, 3.05) is 5.84 Å². The Bertz CT molecular complexity index is 1030. The Morgan fingerprint density at radius 3 is 2.59 bits per heavy atom. The van der Waals surface area contributed by atoms with Crippen LogP contribution in [-0.2, 0) is 11.2 Å². The molecule has 0 aliphatic heterocycles. The number of nitrogens with two attached hydrogens (primary N) is 1. The second-order valence-corrected chi connectivity index (χ2v) is 8.27. The topological polar surface area (TPSA) is 115 Å². The molecule has 0 radical (unpaired) electrons. The number of hydrogen-bond donors (Lipinski definition) is 3. The second-order valence-electron chi connectivity index (χ2n) is 6.96. The van der Waals surface area contributed by atoms with E-state index >= 15 is 0 Å². The minimum atomic E-state index is -0.565. The van der Waals surface area contributed by atoms with E-state index in [1.807, 2.05) is 38.1 Å². The Hall–Kier alpha value is -3.07. The van der Waals surface area contributed by atoms with Gasteiger partial charge in [-0.1, -0.05) is 54.2 Å². The van der Waals surface area contributed by atoms with E-state index in [0.29, 0.717) is 17.4 Å². The van der Waals surface area contributed by atoms with Crippen molar-refractivity contribution in [3.05, 3.63) is 53.9 Å². The summed E-state index contributed by atoms with van der Waals surface area (Å²) in [5, 5.41) is 15.3. The van der Waals surface area contributed by atoms with Crippen molar-refractivity contribution in [1.29, 1.82) is 0 Å².